The molecule has 0 radical (unpaired) electrons. The molecule has 19 heavy (non-hydrogen) atoms. The summed E-state index contributed by atoms with van der Waals surface area (Å²) in [5.41, 5.74) is -0.635. The van der Waals surface area contributed by atoms with Crippen molar-refractivity contribution < 1.29 is 14.3 Å². The lowest BCUT2D eigenvalue weighted by Gasteiger charge is -2.21. The number of pyridine rings is 1. The van der Waals surface area contributed by atoms with Crippen LogP contribution in [0.25, 0.3) is 0 Å². The molecule has 2 heterocycles. The fraction of sp³-hybridized carbons (Fsp3) is 0.571. The smallest absolute Gasteiger partial charge is 0.251 e. The average molecular weight is 264 g/mol. The Hall–Kier alpha value is -1.62. The Morgan fingerprint density at radius 1 is 1.63 bits per heavy atom. The van der Waals surface area contributed by atoms with Crippen molar-refractivity contribution in [3.63, 3.8) is 0 Å². The molecule has 104 valence electrons. The molecule has 2 rings (SSSR count). The van der Waals surface area contributed by atoms with E-state index in [1.807, 2.05) is 19.1 Å². The summed E-state index contributed by atoms with van der Waals surface area (Å²) in [4.78, 5) is 15.9. The van der Waals surface area contributed by atoms with E-state index < -0.39 is 5.60 Å². The molecule has 0 spiro atoms. The minimum Gasteiger partial charge on any atom is -0.492 e. The molecule has 0 aromatic carbocycles. The maximum Gasteiger partial charge on any atom is 0.251 e. The van der Waals surface area contributed by atoms with Crippen LogP contribution in [0.4, 0.5) is 0 Å². The summed E-state index contributed by atoms with van der Waals surface area (Å²) in [6, 6.07) is 3.69. The van der Waals surface area contributed by atoms with Gasteiger partial charge < -0.3 is 14.8 Å². The summed E-state index contributed by atoms with van der Waals surface area (Å²) in [5, 5.41) is 2.89. The van der Waals surface area contributed by atoms with Crippen LogP contribution in [0.2, 0.25) is 0 Å². The van der Waals surface area contributed by atoms with Crippen LogP contribution in [0.5, 0.6) is 5.75 Å². The second-order valence-corrected chi connectivity index (χ2v) is 4.83. The van der Waals surface area contributed by atoms with E-state index in [0.717, 1.165) is 25.0 Å². The van der Waals surface area contributed by atoms with Crippen molar-refractivity contribution in [2.24, 2.45) is 0 Å². The van der Waals surface area contributed by atoms with Crippen LogP contribution < -0.4 is 10.1 Å². The fourth-order valence-electron chi connectivity index (χ4n) is 2.04. The molecule has 5 heteroatoms. The van der Waals surface area contributed by atoms with Crippen LogP contribution in [0.3, 0.4) is 0 Å². The fourth-order valence-corrected chi connectivity index (χ4v) is 2.04. The molecular weight excluding hydrogens is 244 g/mol. The van der Waals surface area contributed by atoms with E-state index >= 15 is 0 Å². The highest BCUT2D eigenvalue weighted by Crippen LogP contribution is 2.24. The number of rotatable bonds is 6. The number of hydrogen-bond acceptors (Lipinski definition) is 4. The average Bonchev–Trinajstić information content (AvgIpc) is 2.88. The number of carbonyl (C=O) groups is 1. The van der Waals surface area contributed by atoms with E-state index in [1.54, 1.807) is 12.4 Å². The van der Waals surface area contributed by atoms with Crippen LogP contribution in [0.1, 0.15) is 26.2 Å². The van der Waals surface area contributed by atoms with Gasteiger partial charge in [0.1, 0.15) is 11.4 Å². The third-order valence-electron chi connectivity index (χ3n) is 3.21. The third kappa shape index (κ3) is 3.92. The van der Waals surface area contributed by atoms with Gasteiger partial charge in [-0.05, 0) is 38.3 Å². The maximum absolute atomic E-state index is 11.9. The number of nitrogens with one attached hydrogen (secondary N) is 1. The molecule has 0 saturated carbocycles. The first-order chi connectivity index (χ1) is 9.21. The highest BCUT2D eigenvalue weighted by atomic mass is 16.5. The molecule has 1 unspecified atom stereocenters. The number of nitrogens with zero attached hydrogens (tertiary/aromatic N) is 1. The molecule has 1 N–H and O–H groups in total. The summed E-state index contributed by atoms with van der Waals surface area (Å²) in [5.74, 6) is 0.728. The Morgan fingerprint density at radius 2 is 2.53 bits per heavy atom. The Bertz CT molecular complexity index is 402. The minimum absolute atomic E-state index is 0.0219. The summed E-state index contributed by atoms with van der Waals surface area (Å²) in [6.07, 6.45) is 5.89. The van der Waals surface area contributed by atoms with Gasteiger partial charge in [-0.2, -0.15) is 0 Å². The largest absolute Gasteiger partial charge is 0.492 e. The Balaban J connectivity index is 1.60. The van der Waals surface area contributed by atoms with E-state index in [-0.39, 0.29) is 5.91 Å². The number of ether oxygens (including phenoxy) is 2. The van der Waals surface area contributed by atoms with E-state index in [4.69, 9.17) is 9.47 Å². The maximum atomic E-state index is 11.9. The predicted octanol–water partition coefficient (Wildman–Crippen LogP) is 1.54. The normalized spacial score (nSPS) is 22.2. The molecule has 1 amide bonds. The van der Waals surface area contributed by atoms with Crippen molar-refractivity contribution in [1.29, 1.82) is 0 Å². The standard InChI is InChI=1S/C14H20N2O3/c1-14(6-3-10-19-14)13(17)16-8-4-9-18-12-5-2-7-15-11-12/h2,5,7,11H,3-4,6,8-10H2,1H3,(H,16,17). The predicted molar refractivity (Wildman–Crippen MR) is 70.9 cm³/mol. The van der Waals surface area contributed by atoms with Crippen molar-refractivity contribution in [3.05, 3.63) is 24.5 Å². The van der Waals surface area contributed by atoms with Gasteiger partial charge in [0.25, 0.3) is 5.91 Å². The highest BCUT2D eigenvalue weighted by Gasteiger charge is 2.37. The Labute approximate surface area is 113 Å². The molecule has 1 aromatic heterocycles. The van der Waals surface area contributed by atoms with Gasteiger partial charge in [0.15, 0.2) is 0 Å². The van der Waals surface area contributed by atoms with Crippen molar-refractivity contribution in [1.82, 2.24) is 10.3 Å². The molecule has 1 fully saturated rings. The molecule has 1 aromatic rings. The SMILES string of the molecule is CC1(C(=O)NCCCOc2cccnc2)CCCO1. The summed E-state index contributed by atoms with van der Waals surface area (Å²) < 4.78 is 11.0. The van der Waals surface area contributed by atoms with Gasteiger partial charge in [-0.25, -0.2) is 0 Å². The lowest BCUT2D eigenvalue weighted by molar-refractivity contribution is -0.139. The van der Waals surface area contributed by atoms with Gasteiger partial charge in [0.2, 0.25) is 0 Å². The topological polar surface area (TPSA) is 60.5 Å². The molecule has 1 aliphatic heterocycles. The van der Waals surface area contributed by atoms with Crippen molar-refractivity contribution in [3.8, 4) is 5.75 Å². The van der Waals surface area contributed by atoms with Crippen LogP contribution in [-0.4, -0.2) is 36.3 Å². The molecule has 5 nitrogen and oxygen atoms in total. The zero-order valence-electron chi connectivity index (χ0n) is 11.2. The van der Waals surface area contributed by atoms with Crippen molar-refractivity contribution in [2.75, 3.05) is 19.8 Å². The van der Waals surface area contributed by atoms with Gasteiger partial charge in [0.05, 0.1) is 12.8 Å². The second-order valence-electron chi connectivity index (χ2n) is 4.83. The van der Waals surface area contributed by atoms with Crippen LogP contribution in [0.15, 0.2) is 24.5 Å². The first kappa shape index (κ1) is 13.8. The number of carbonyl (C=O) groups excluding carboxylic acids is 1. The zero-order valence-corrected chi connectivity index (χ0v) is 11.2. The Morgan fingerprint density at radius 3 is 3.21 bits per heavy atom. The molecule has 0 bridgehead atoms. The van der Waals surface area contributed by atoms with Crippen LogP contribution in [-0.2, 0) is 9.53 Å². The second kappa shape index (κ2) is 6.52. The van der Waals surface area contributed by atoms with Gasteiger partial charge in [-0.1, -0.05) is 0 Å². The third-order valence-corrected chi connectivity index (χ3v) is 3.21. The van der Waals surface area contributed by atoms with Crippen LogP contribution in [0, 0.1) is 0 Å². The lowest BCUT2D eigenvalue weighted by atomic mass is 10.0. The van der Waals surface area contributed by atoms with Gasteiger partial charge in [0, 0.05) is 19.3 Å². The zero-order chi connectivity index (χ0) is 13.6. The lowest BCUT2D eigenvalue weighted by Crippen LogP contribution is -2.44. The molecule has 0 aliphatic carbocycles. The van der Waals surface area contributed by atoms with Gasteiger partial charge in [-0.15, -0.1) is 0 Å². The molecule has 1 atom stereocenters. The van der Waals surface area contributed by atoms with E-state index in [1.165, 1.54) is 0 Å². The van der Waals surface area contributed by atoms with Crippen LogP contribution >= 0.6 is 0 Å². The molecule has 1 saturated heterocycles. The summed E-state index contributed by atoms with van der Waals surface area (Å²) in [6.45, 7) is 3.68. The van der Waals surface area contributed by atoms with Crippen molar-refractivity contribution >= 4 is 5.91 Å². The quantitative estimate of drug-likeness (QED) is 0.792. The van der Waals surface area contributed by atoms with E-state index in [0.29, 0.717) is 19.8 Å². The van der Waals surface area contributed by atoms with E-state index in [9.17, 15) is 4.79 Å². The van der Waals surface area contributed by atoms with Gasteiger partial charge in [-0.3, -0.25) is 9.78 Å². The minimum atomic E-state index is -0.635. The number of aromatic nitrogens is 1. The molecular formula is C14H20N2O3. The number of amides is 1. The highest BCUT2D eigenvalue weighted by molar-refractivity contribution is 5.84. The first-order valence-corrected chi connectivity index (χ1v) is 6.66. The van der Waals surface area contributed by atoms with E-state index in [2.05, 4.69) is 10.3 Å². The van der Waals surface area contributed by atoms with Crippen molar-refractivity contribution in [2.45, 2.75) is 31.8 Å². The first-order valence-electron chi connectivity index (χ1n) is 6.66. The Kier molecular flexibility index (Phi) is 4.74. The summed E-state index contributed by atoms with van der Waals surface area (Å²) in [7, 11) is 0. The monoisotopic (exact) mass is 264 g/mol. The molecule has 1 aliphatic rings. The van der Waals surface area contributed by atoms with Gasteiger partial charge >= 0.3 is 0 Å². The summed E-state index contributed by atoms with van der Waals surface area (Å²) >= 11 is 0. The number of hydrogen-bond donors (Lipinski definition) is 1.